The molecule has 0 saturated heterocycles. The summed E-state index contributed by atoms with van der Waals surface area (Å²) in [6.45, 7) is 1.80. The number of benzene rings is 1. The second-order valence-electron chi connectivity index (χ2n) is 3.61. The fourth-order valence-corrected chi connectivity index (χ4v) is 1.62. The summed E-state index contributed by atoms with van der Waals surface area (Å²) in [5, 5.41) is 0. The molecule has 3 nitrogen and oxygen atoms in total. The van der Waals surface area contributed by atoms with E-state index in [-0.39, 0.29) is 5.82 Å². The number of amides is 1. The molecule has 1 amide bonds. The van der Waals surface area contributed by atoms with Gasteiger partial charge in [-0.05, 0) is 30.7 Å². The average molecular weight is 218 g/mol. The van der Waals surface area contributed by atoms with Crippen molar-refractivity contribution in [2.24, 2.45) is 5.73 Å². The van der Waals surface area contributed by atoms with E-state index in [1.165, 1.54) is 12.1 Å². The molecule has 0 fully saturated rings. The van der Waals surface area contributed by atoms with Gasteiger partial charge in [0, 0.05) is 11.8 Å². The first-order valence-corrected chi connectivity index (χ1v) is 4.83. The molecule has 0 radical (unpaired) electrons. The Morgan fingerprint density at radius 3 is 2.75 bits per heavy atom. The minimum atomic E-state index is -0.573. The summed E-state index contributed by atoms with van der Waals surface area (Å²) in [6.07, 6.45) is 1.56. The predicted molar refractivity (Wildman–Crippen MR) is 59.4 cm³/mol. The molecule has 3 N–H and O–H groups in total. The van der Waals surface area contributed by atoms with E-state index in [1.807, 2.05) is 0 Å². The summed E-state index contributed by atoms with van der Waals surface area (Å²) >= 11 is 0. The van der Waals surface area contributed by atoms with E-state index in [9.17, 15) is 9.18 Å². The molecule has 0 unspecified atom stereocenters. The van der Waals surface area contributed by atoms with E-state index in [2.05, 4.69) is 4.98 Å². The predicted octanol–water partition coefficient (Wildman–Crippen LogP) is 2.23. The molecule has 1 aromatic heterocycles. The number of primary amides is 1. The minimum Gasteiger partial charge on any atom is -0.366 e. The molecule has 1 heterocycles. The van der Waals surface area contributed by atoms with Crippen molar-refractivity contribution in [2.45, 2.75) is 6.92 Å². The first-order valence-electron chi connectivity index (χ1n) is 4.83. The number of aromatic nitrogens is 1. The van der Waals surface area contributed by atoms with Gasteiger partial charge in [-0.3, -0.25) is 4.79 Å². The van der Waals surface area contributed by atoms with Crippen LogP contribution in [0.3, 0.4) is 0 Å². The minimum absolute atomic E-state index is 0.294. The summed E-state index contributed by atoms with van der Waals surface area (Å²) in [5.74, 6) is -0.943. The monoisotopic (exact) mass is 218 g/mol. The van der Waals surface area contributed by atoms with Crippen molar-refractivity contribution >= 4 is 5.91 Å². The number of hydrogen-bond acceptors (Lipinski definition) is 1. The van der Waals surface area contributed by atoms with Crippen molar-refractivity contribution in [3.8, 4) is 11.3 Å². The van der Waals surface area contributed by atoms with E-state index in [1.54, 1.807) is 25.3 Å². The molecule has 0 aliphatic rings. The highest BCUT2D eigenvalue weighted by Gasteiger charge is 2.14. The van der Waals surface area contributed by atoms with Gasteiger partial charge in [0.25, 0.3) is 5.91 Å². The van der Waals surface area contributed by atoms with E-state index >= 15 is 0 Å². The second kappa shape index (κ2) is 3.81. The van der Waals surface area contributed by atoms with Gasteiger partial charge in [0.05, 0.1) is 11.3 Å². The van der Waals surface area contributed by atoms with Gasteiger partial charge >= 0.3 is 0 Å². The Hall–Kier alpha value is -2.10. The first kappa shape index (κ1) is 10.4. The third kappa shape index (κ3) is 1.69. The zero-order valence-electron chi connectivity index (χ0n) is 8.75. The van der Waals surface area contributed by atoms with Crippen LogP contribution in [0.2, 0.25) is 0 Å². The third-order valence-corrected chi connectivity index (χ3v) is 2.41. The molecule has 1 aromatic carbocycles. The largest absolute Gasteiger partial charge is 0.366 e. The maximum atomic E-state index is 13.7. The zero-order chi connectivity index (χ0) is 11.7. The number of H-pyrrole nitrogens is 1. The molecule has 0 saturated carbocycles. The highest BCUT2D eigenvalue weighted by Crippen LogP contribution is 2.25. The molecule has 2 aromatic rings. The number of nitrogens with one attached hydrogen (secondary N) is 1. The second-order valence-corrected chi connectivity index (χ2v) is 3.61. The fraction of sp³-hybridized carbons (Fsp3) is 0.0833. The summed E-state index contributed by atoms with van der Waals surface area (Å²) in [5.41, 5.74) is 7.09. The maximum absolute atomic E-state index is 13.7. The van der Waals surface area contributed by atoms with E-state index in [0.29, 0.717) is 16.8 Å². The average Bonchev–Trinajstić information content (AvgIpc) is 2.66. The van der Waals surface area contributed by atoms with Crippen LogP contribution in [-0.4, -0.2) is 10.9 Å². The van der Waals surface area contributed by atoms with E-state index in [4.69, 9.17) is 5.73 Å². The van der Waals surface area contributed by atoms with Crippen LogP contribution in [0.15, 0.2) is 30.5 Å². The van der Waals surface area contributed by atoms with E-state index in [0.717, 1.165) is 5.56 Å². The number of carbonyl (C=O) groups excluding carboxylic acids is 1. The standard InChI is InChI=1S/C12H11FN2O/c1-7-2-3-8(10(13)6-7)11-9(12(14)16)4-5-15-11/h2-6,15H,1H3,(H2,14,16). The van der Waals surface area contributed by atoms with Crippen LogP contribution in [0.5, 0.6) is 0 Å². The summed E-state index contributed by atoms with van der Waals surface area (Å²) in [4.78, 5) is 13.9. The Bertz CT molecular complexity index is 546. The van der Waals surface area contributed by atoms with Gasteiger partial charge < -0.3 is 10.7 Å². The Labute approximate surface area is 92.1 Å². The Morgan fingerprint density at radius 2 is 2.12 bits per heavy atom. The smallest absolute Gasteiger partial charge is 0.250 e. The highest BCUT2D eigenvalue weighted by molar-refractivity contribution is 5.99. The van der Waals surface area contributed by atoms with E-state index < -0.39 is 5.91 Å². The Morgan fingerprint density at radius 1 is 1.38 bits per heavy atom. The Kier molecular flexibility index (Phi) is 2.48. The molecule has 0 aliphatic carbocycles. The lowest BCUT2D eigenvalue weighted by Gasteiger charge is -2.04. The zero-order valence-corrected chi connectivity index (χ0v) is 8.75. The van der Waals surface area contributed by atoms with Crippen LogP contribution < -0.4 is 5.73 Å². The number of hydrogen-bond donors (Lipinski definition) is 2. The van der Waals surface area contributed by atoms with Gasteiger partial charge in [0.15, 0.2) is 0 Å². The lowest BCUT2D eigenvalue weighted by atomic mass is 10.1. The molecule has 16 heavy (non-hydrogen) atoms. The molecule has 2 rings (SSSR count). The van der Waals surface area contributed by atoms with Gasteiger partial charge in [-0.15, -0.1) is 0 Å². The fourth-order valence-electron chi connectivity index (χ4n) is 1.62. The molecule has 4 heteroatoms. The van der Waals surface area contributed by atoms with Crippen LogP contribution >= 0.6 is 0 Å². The van der Waals surface area contributed by atoms with Crippen molar-refractivity contribution in [3.63, 3.8) is 0 Å². The number of aryl methyl sites for hydroxylation is 1. The first-order chi connectivity index (χ1) is 7.59. The number of rotatable bonds is 2. The van der Waals surface area contributed by atoms with Crippen molar-refractivity contribution < 1.29 is 9.18 Å². The van der Waals surface area contributed by atoms with Crippen LogP contribution in [-0.2, 0) is 0 Å². The third-order valence-electron chi connectivity index (χ3n) is 2.41. The number of carbonyl (C=O) groups is 1. The van der Waals surface area contributed by atoms with Crippen LogP contribution in [0.4, 0.5) is 4.39 Å². The van der Waals surface area contributed by atoms with Gasteiger partial charge in [-0.25, -0.2) is 4.39 Å². The Balaban J connectivity index is 2.59. The number of nitrogens with two attached hydrogens (primary N) is 1. The topological polar surface area (TPSA) is 58.9 Å². The van der Waals surface area contributed by atoms with Crippen molar-refractivity contribution in [3.05, 3.63) is 47.4 Å². The van der Waals surface area contributed by atoms with Crippen LogP contribution in [0.1, 0.15) is 15.9 Å². The van der Waals surface area contributed by atoms with Crippen LogP contribution in [0.25, 0.3) is 11.3 Å². The lowest BCUT2D eigenvalue weighted by Crippen LogP contribution is -2.11. The van der Waals surface area contributed by atoms with Crippen molar-refractivity contribution in [1.29, 1.82) is 0 Å². The maximum Gasteiger partial charge on any atom is 0.250 e. The molecular formula is C12H11FN2O. The molecule has 82 valence electrons. The lowest BCUT2D eigenvalue weighted by molar-refractivity contribution is 0.100. The molecule has 0 atom stereocenters. The van der Waals surface area contributed by atoms with Gasteiger partial charge in [0.2, 0.25) is 0 Å². The highest BCUT2D eigenvalue weighted by atomic mass is 19.1. The van der Waals surface area contributed by atoms with Crippen LogP contribution in [0, 0.1) is 12.7 Å². The summed E-state index contributed by atoms with van der Waals surface area (Å²) in [7, 11) is 0. The number of aromatic amines is 1. The molecular weight excluding hydrogens is 207 g/mol. The summed E-state index contributed by atoms with van der Waals surface area (Å²) < 4.78 is 13.7. The van der Waals surface area contributed by atoms with Gasteiger partial charge in [0.1, 0.15) is 5.82 Å². The molecule has 0 spiro atoms. The quantitative estimate of drug-likeness (QED) is 0.797. The summed E-state index contributed by atoms with van der Waals surface area (Å²) in [6, 6.07) is 6.37. The normalized spacial score (nSPS) is 10.4. The molecule has 0 bridgehead atoms. The number of halogens is 1. The van der Waals surface area contributed by atoms with Gasteiger partial charge in [-0.2, -0.15) is 0 Å². The van der Waals surface area contributed by atoms with Gasteiger partial charge in [-0.1, -0.05) is 6.07 Å². The van der Waals surface area contributed by atoms with Crippen molar-refractivity contribution in [1.82, 2.24) is 4.98 Å². The van der Waals surface area contributed by atoms with Crippen molar-refractivity contribution in [2.75, 3.05) is 0 Å². The SMILES string of the molecule is Cc1ccc(-c2[nH]ccc2C(N)=O)c(F)c1. The molecule has 0 aliphatic heterocycles.